The summed E-state index contributed by atoms with van der Waals surface area (Å²) in [5, 5.41) is 9.02. The van der Waals surface area contributed by atoms with Gasteiger partial charge in [0.1, 0.15) is 4.88 Å². The first-order valence-electron chi connectivity index (χ1n) is 4.33. The molecule has 0 fully saturated rings. The average Bonchev–Trinajstić information content (AvgIpc) is 2.69. The molecule has 0 aliphatic carbocycles. The summed E-state index contributed by atoms with van der Waals surface area (Å²) in [6.45, 7) is 2.16. The highest BCUT2D eigenvalue weighted by atomic mass is 32.1. The van der Waals surface area contributed by atoms with Crippen molar-refractivity contribution in [2.75, 3.05) is 7.11 Å². The van der Waals surface area contributed by atoms with Gasteiger partial charge in [-0.25, -0.2) is 9.78 Å². The van der Waals surface area contributed by atoms with Crippen LogP contribution in [-0.2, 0) is 11.3 Å². The number of carboxylic acids is 1. The lowest BCUT2D eigenvalue weighted by molar-refractivity contribution is 0.0696. The maximum absolute atomic E-state index is 11.0. The van der Waals surface area contributed by atoms with Gasteiger partial charge in [-0.2, -0.15) is 0 Å². The molecule has 0 spiro atoms. The predicted molar refractivity (Wildman–Crippen MR) is 55.5 cm³/mol. The number of rotatable bonds is 3. The van der Waals surface area contributed by atoms with E-state index >= 15 is 0 Å². The van der Waals surface area contributed by atoms with E-state index in [9.17, 15) is 4.79 Å². The lowest BCUT2D eigenvalue weighted by Crippen LogP contribution is -2.03. The van der Waals surface area contributed by atoms with Crippen LogP contribution in [0.4, 0.5) is 0 Å². The largest absolute Gasteiger partial charge is 0.477 e. The van der Waals surface area contributed by atoms with Crippen LogP contribution in [0.3, 0.4) is 0 Å². The normalized spacial score (nSPS) is 11.1. The second-order valence-corrected chi connectivity index (χ2v) is 4.11. The minimum Gasteiger partial charge on any atom is -0.477 e. The molecule has 1 N–H and O–H groups in total. The maximum atomic E-state index is 11.0. The molecule has 0 saturated heterocycles. The van der Waals surface area contributed by atoms with Crippen LogP contribution in [0.2, 0.25) is 0 Å². The summed E-state index contributed by atoms with van der Waals surface area (Å²) < 4.78 is 6.82. The molecule has 5 nitrogen and oxygen atoms in total. The summed E-state index contributed by atoms with van der Waals surface area (Å²) in [7, 11) is 1.54. The summed E-state index contributed by atoms with van der Waals surface area (Å²) in [5.74, 6) is -0.933. The topological polar surface area (TPSA) is 63.8 Å². The van der Waals surface area contributed by atoms with Gasteiger partial charge < -0.3 is 9.84 Å². The monoisotopic (exact) mass is 226 g/mol. The van der Waals surface area contributed by atoms with E-state index in [1.807, 2.05) is 11.3 Å². The molecular weight excluding hydrogens is 216 g/mol. The van der Waals surface area contributed by atoms with Crippen molar-refractivity contribution in [3.63, 3.8) is 0 Å². The number of aromatic nitrogens is 2. The van der Waals surface area contributed by atoms with Gasteiger partial charge in [-0.3, -0.25) is 4.40 Å². The molecule has 2 aromatic rings. The van der Waals surface area contributed by atoms with Gasteiger partial charge in [0.15, 0.2) is 4.96 Å². The van der Waals surface area contributed by atoms with E-state index in [0.29, 0.717) is 15.5 Å². The third-order valence-corrected chi connectivity index (χ3v) is 3.19. The lowest BCUT2D eigenvalue weighted by Gasteiger charge is -2.01. The fourth-order valence-electron chi connectivity index (χ4n) is 1.50. The Bertz CT molecular complexity index is 515. The molecule has 15 heavy (non-hydrogen) atoms. The molecule has 0 unspecified atom stereocenters. The van der Waals surface area contributed by atoms with Gasteiger partial charge in [0.2, 0.25) is 0 Å². The van der Waals surface area contributed by atoms with Crippen molar-refractivity contribution in [3.8, 4) is 0 Å². The molecular formula is C9H10N2O3S. The molecule has 2 aromatic heterocycles. The van der Waals surface area contributed by atoms with Gasteiger partial charge in [-0.15, -0.1) is 0 Å². The minimum absolute atomic E-state index is 0.277. The van der Waals surface area contributed by atoms with E-state index in [1.54, 1.807) is 13.3 Å². The van der Waals surface area contributed by atoms with E-state index in [0.717, 1.165) is 5.69 Å². The van der Waals surface area contributed by atoms with Gasteiger partial charge in [0.05, 0.1) is 12.3 Å². The number of nitrogens with zero attached hydrogens (tertiary/aromatic N) is 2. The number of aryl methyl sites for hydroxylation is 1. The van der Waals surface area contributed by atoms with E-state index in [-0.39, 0.29) is 6.61 Å². The lowest BCUT2D eigenvalue weighted by atomic mass is 10.3. The first kappa shape index (κ1) is 10.1. The predicted octanol–water partition coefficient (Wildman–Crippen LogP) is 1.55. The van der Waals surface area contributed by atoms with E-state index in [2.05, 4.69) is 4.98 Å². The first-order valence-corrected chi connectivity index (χ1v) is 5.14. The summed E-state index contributed by atoms with van der Waals surface area (Å²) in [4.78, 5) is 16.1. The Morgan fingerprint density at radius 3 is 3.07 bits per heavy atom. The molecule has 6 heteroatoms. The molecule has 0 aliphatic rings. The number of aromatic carboxylic acids is 1. The van der Waals surface area contributed by atoms with Gasteiger partial charge in [-0.1, -0.05) is 11.3 Å². The van der Waals surface area contributed by atoms with Gasteiger partial charge in [0, 0.05) is 19.0 Å². The summed E-state index contributed by atoms with van der Waals surface area (Å²) >= 11 is 1.17. The van der Waals surface area contributed by atoms with Crippen LogP contribution in [-0.4, -0.2) is 27.6 Å². The van der Waals surface area contributed by atoms with Crippen LogP contribution < -0.4 is 0 Å². The van der Waals surface area contributed by atoms with Crippen LogP contribution in [0.25, 0.3) is 4.96 Å². The zero-order chi connectivity index (χ0) is 11.0. The number of ether oxygens (including phenoxy) is 1. The highest BCUT2D eigenvalue weighted by Gasteiger charge is 2.19. The van der Waals surface area contributed by atoms with Crippen molar-refractivity contribution >= 4 is 22.3 Å². The zero-order valence-corrected chi connectivity index (χ0v) is 9.17. The third-order valence-electron chi connectivity index (χ3n) is 2.11. The SMILES string of the molecule is COCc1c(C(=O)O)sc2ncc(C)n12. The Balaban J connectivity index is 2.70. The molecule has 2 heterocycles. The van der Waals surface area contributed by atoms with Crippen LogP contribution >= 0.6 is 11.3 Å². The Labute approximate surface area is 89.9 Å². The van der Waals surface area contributed by atoms with Crippen LogP contribution in [0.15, 0.2) is 6.20 Å². The summed E-state index contributed by atoms with van der Waals surface area (Å²) in [5.41, 5.74) is 1.57. The summed E-state index contributed by atoms with van der Waals surface area (Å²) in [6, 6.07) is 0. The fourth-order valence-corrected chi connectivity index (χ4v) is 2.49. The number of fused-ring (bicyclic) bond motifs is 1. The number of imidazole rings is 1. The number of hydrogen-bond acceptors (Lipinski definition) is 4. The highest BCUT2D eigenvalue weighted by molar-refractivity contribution is 7.19. The Morgan fingerprint density at radius 2 is 2.47 bits per heavy atom. The van der Waals surface area contributed by atoms with Crippen molar-refractivity contribution in [2.24, 2.45) is 0 Å². The highest BCUT2D eigenvalue weighted by Crippen LogP contribution is 2.24. The van der Waals surface area contributed by atoms with E-state index in [1.165, 1.54) is 11.3 Å². The molecule has 0 radical (unpaired) electrons. The smallest absolute Gasteiger partial charge is 0.347 e. The maximum Gasteiger partial charge on any atom is 0.347 e. The van der Waals surface area contributed by atoms with Crippen LogP contribution in [0.5, 0.6) is 0 Å². The Kier molecular flexibility index (Phi) is 2.45. The van der Waals surface area contributed by atoms with Gasteiger partial charge in [0.25, 0.3) is 0 Å². The van der Waals surface area contributed by atoms with Crippen molar-refractivity contribution in [2.45, 2.75) is 13.5 Å². The van der Waals surface area contributed by atoms with Crippen LogP contribution in [0.1, 0.15) is 21.1 Å². The molecule has 80 valence electrons. The van der Waals surface area contributed by atoms with Crippen molar-refractivity contribution < 1.29 is 14.6 Å². The second kappa shape index (κ2) is 3.63. The van der Waals surface area contributed by atoms with Gasteiger partial charge >= 0.3 is 5.97 Å². The average molecular weight is 226 g/mol. The Morgan fingerprint density at radius 1 is 1.73 bits per heavy atom. The van der Waals surface area contributed by atoms with Crippen LogP contribution in [0, 0.1) is 6.92 Å². The first-order chi connectivity index (χ1) is 7.15. The van der Waals surface area contributed by atoms with E-state index < -0.39 is 5.97 Å². The summed E-state index contributed by atoms with van der Waals surface area (Å²) in [6.07, 6.45) is 1.72. The zero-order valence-electron chi connectivity index (χ0n) is 8.35. The standard InChI is InChI=1S/C9H10N2O3S/c1-5-3-10-9-11(5)6(4-14-2)7(15-9)8(12)13/h3H,4H2,1-2H3,(H,12,13). The van der Waals surface area contributed by atoms with Gasteiger partial charge in [-0.05, 0) is 6.92 Å². The molecule has 0 aromatic carbocycles. The number of carboxylic acid groups (broad SMARTS) is 1. The Hall–Kier alpha value is -1.40. The number of thiazole rings is 1. The third kappa shape index (κ3) is 1.51. The quantitative estimate of drug-likeness (QED) is 0.862. The minimum atomic E-state index is -0.933. The number of hydrogen-bond donors (Lipinski definition) is 1. The molecule has 0 amide bonds. The van der Waals surface area contributed by atoms with Crippen molar-refractivity contribution in [1.82, 2.24) is 9.38 Å². The molecule has 0 atom stereocenters. The van der Waals surface area contributed by atoms with Crippen molar-refractivity contribution in [3.05, 3.63) is 22.5 Å². The van der Waals surface area contributed by atoms with Crippen molar-refractivity contribution in [1.29, 1.82) is 0 Å². The van der Waals surface area contributed by atoms with E-state index in [4.69, 9.17) is 9.84 Å². The second-order valence-electron chi connectivity index (χ2n) is 3.13. The molecule has 0 aliphatic heterocycles. The fraction of sp³-hybridized carbons (Fsp3) is 0.333. The molecule has 0 bridgehead atoms. The number of methoxy groups -OCH3 is 1. The molecule has 0 saturated carbocycles. The molecule has 2 rings (SSSR count). The number of carbonyl (C=O) groups is 1.